The van der Waals surface area contributed by atoms with Crippen LogP contribution < -0.4 is 0 Å². The zero-order chi connectivity index (χ0) is 21.6. The van der Waals surface area contributed by atoms with Crippen LogP contribution in [0.2, 0.25) is 0 Å². The Balaban J connectivity index is 1.76. The molecule has 1 unspecified atom stereocenters. The lowest BCUT2D eigenvalue weighted by molar-refractivity contribution is 0.331. The van der Waals surface area contributed by atoms with Crippen LogP contribution >= 0.6 is 0 Å². The minimum atomic E-state index is -0.745. The summed E-state index contributed by atoms with van der Waals surface area (Å²) in [7, 11) is 0. The van der Waals surface area contributed by atoms with Gasteiger partial charge >= 0.3 is 0 Å². The number of hydrogen-bond donors (Lipinski definition) is 0. The molecule has 1 heterocycles. The van der Waals surface area contributed by atoms with E-state index in [1.165, 1.54) is 44.9 Å². The van der Waals surface area contributed by atoms with Crippen LogP contribution in [-0.4, -0.2) is 16.1 Å². The Kier molecular flexibility index (Phi) is 11.6. The van der Waals surface area contributed by atoms with E-state index < -0.39 is 6.17 Å². The van der Waals surface area contributed by atoms with Crippen LogP contribution in [0.1, 0.15) is 95.6 Å². The van der Waals surface area contributed by atoms with Crippen LogP contribution in [0.5, 0.6) is 0 Å². The topological polar surface area (TPSA) is 25.8 Å². The Labute approximate surface area is 181 Å². The maximum atomic E-state index is 14.6. The zero-order valence-corrected chi connectivity index (χ0v) is 18.8. The van der Waals surface area contributed by atoms with Gasteiger partial charge in [0, 0.05) is 12.4 Å². The van der Waals surface area contributed by atoms with Crippen molar-refractivity contribution in [3.05, 3.63) is 47.5 Å². The highest BCUT2D eigenvalue weighted by atomic mass is 19.1. The zero-order valence-electron chi connectivity index (χ0n) is 18.8. The molecule has 0 saturated carbocycles. The molecule has 2 nitrogen and oxygen atoms in total. The number of benzene rings is 1. The number of aryl methyl sites for hydroxylation is 2. The van der Waals surface area contributed by atoms with Crippen molar-refractivity contribution in [3.8, 4) is 11.4 Å². The Morgan fingerprint density at radius 2 is 1.40 bits per heavy atom. The molecule has 2 rings (SSSR count). The molecular formula is C26H38F2N2. The van der Waals surface area contributed by atoms with Gasteiger partial charge in [-0.25, -0.2) is 18.7 Å². The number of aromatic nitrogens is 2. The van der Waals surface area contributed by atoms with Crippen LogP contribution in [0.3, 0.4) is 0 Å². The molecule has 1 aromatic heterocycles. The number of alkyl halides is 1. The van der Waals surface area contributed by atoms with Crippen LogP contribution in [-0.2, 0) is 12.8 Å². The third kappa shape index (κ3) is 9.32. The van der Waals surface area contributed by atoms with Gasteiger partial charge in [0.15, 0.2) is 5.82 Å². The lowest BCUT2D eigenvalue weighted by atomic mass is 10.0. The van der Waals surface area contributed by atoms with Gasteiger partial charge < -0.3 is 0 Å². The maximum Gasteiger partial charge on any atom is 0.162 e. The Bertz CT molecular complexity index is 713. The Morgan fingerprint density at radius 3 is 2.03 bits per heavy atom. The third-order valence-corrected chi connectivity index (χ3v) is 5.62. The summed E-state index contributed by atoms with van der Waals surface area (Å²) >= 11 is 0. The van der Waals surface area contributed by atoms with Crippen molar-refractivity contribution in [3.63, 3.8) is 0 Å². The molecule has 0 saturated heterocycles. The molecule has 0 amide bonds. The molecular weight excluding hydrogens is 378 g/mol. The molecule has 166 valence electrons. The smallest absolute Gasteiger partial charge is 0.162 e. The first-order chi connectivity index (χ1) is 14.6. The van der Waals surface area contributed by atoms with E-state index in [0.717, 1.165) is 43.2 Å². The second kappa shape index (κ2) is 14.2. The second-order valence-electron chi connectivity index (χ2n) is 8.48. The SMILES string of the molecule is CCCCCCCCCCc1ccc(-c2ncc(CCCCC(C)F)cn2)c(F)c1. The van der Waals surface area contributed by atoms with Crippen LogP contribution in [0, 0.1) is 5.82 Å². The third-order valence-electron chi connectivity index (χ3n) is 5.62. The number of nitrogens with zero attached hydrogens (tertiary/aromatic N) is 2. The second-order valence-corrected chi connectivity index (χ2v) is 8.48. The number of hydrogen-bond acceptors (Lipinski definition) is 2. The predicted molar refractivity (Wildman–Crippen MR) is 122 cm³/mol. The van der Waals surface area contributed by atoms with E-state index in [2.05, 4.69) is 16.9 Å². The van der Waals surface area contributed by atoms with Gasteiger partial charge in [0.25, 0.3) is 0 Å². The predicted octanol–water partition coefficient (Wildman–Crippen LogP) is 8.04. The number of halogens is 2. The summed E-state index contributed by atoms with van der Waals surface area (Å²) in [6, 6.07) is 5.42. The lowest BCUT2D eigenvalue weighted by Crippen LogP contribution is -1.97. The maximum absolute atomic E-state index is 14.6. The van der Waals surface area contributed by atoms with Crippen molar-refractivity contribution in [1.82, 2.24) is 9.97 Å². The minimum Gasteiger partial charge on any atom is -0.248 e. The molecule has 2 aromatic rings. The van der Waals surface area contributed by atoms with Gasteiger partial charge in [-0.05, 0) is 62.3 Å². The summed E-state index contributed by atoms with van der Waals surface area (Å²) in [5.41, 5.74) is 2.51. The summed E-state index contributed by atoms with van der Waals surface area (Å²) < 4.78 is 27.4. The van der Waals surface area contributed by atoms with Gasteiger partial charge in [0.2, 0.25) is 0 Å². The van der Waals surface area contributed by atoms with Crippen LogP contribution in [0.4, 0.5) is 8.78 Å². The highest BCUT2D eigenvalue weighted by Gasteiger charge is 2.09. The molecule has 0 aliphatic heterocycles. The summed E-state index contributed by atoms with van der Waals surface area (Å²) in [6.07, 6.45) is 17.1. The molecule has 0 spiro atoms. The number of unbranched alkanes of at least 4 members (excludes halogenated alkanes) is 8. The molecule has 0 radical (unpaired) electrons. The molecule has 30 heavy (non-hydrogen) atoms. The van der Waals surface area contributed by atoms with E-state index >= 15 is 0 Å². The van der Waals surface area contributed by atoms with Gasteiger partial charge in [-0.2, -0.15) is 0 Å². The fourth-order valence-corrected chi connectivity index (χ4v) is 3.74. The van der Waals surface area contributed by atoms with E-state index in [0.29, 0.717) is 17.8 Å². The molecule has 0 aliphatic rings. The molecule has 0 fully saturated rings. The fourth-order valence-electron chi connectivity index (χ4n) is 3.74. The van der Waals surface area contributed by atoms with Gasteiger partial charge in [-0.15, -0.1) is 0 Å². The summed E-state index contributed by atoms with van der Waals surface area (Å²) in [5.74, 6) is 0.170. The standard InChI is InChI=1S/C26H38F2N2/c1-3-4-5-6-7-8-9-10-14-22-16-17-24(25(28)18-22)26-29-19-23(20-30-26)15-12-11-13-21(2)27/h16-21H,3-15H2,1-2H3. The summed E-state index contributed by atoms with van der Waals surface area (Å²) in [5, 5.41) is 0. The normalized spacial score (nSPS) is 12.3. The first-order valence-electron chi connectivity index (χ1n) is 11.8. The molecule has 0 aliphatic carbocycles. The van der Waals surface area contributed by atoms with Crippen molar-refractivity contribution < 1.29 is 8.78 Å². The van der Waals surface area contributed by atoms with Gasteiger partial charge in [-0.3, -0.25) is 0 Å². The van der Waals surface area contributed by atoms with Crippen LogP contribution in [0.15, 0.2) is 30.6 Å². The Morgan fingerprint density at radius 1 is 0.800 bits per heavy atom. The molecule has 1 atom stereocenters. The van der Waals surface area contributed by atoms with E-state index in [1.54, 1.807) is 31.5 Å². The van der Waals surface area contributed by atoms with Crippen molar-refractivity contribution in [2.24, 2.45) is 0 Å². The van der Waals surface area contributed by atoms with Crippen molar-refractivity contribution >= 4 is 0 Å². The average Bonchev–Trinajstić information content (AvgIpc) is 2.74. The first-order valence-corrected chi connectivity index (χ1v) is 11.8. The fraction of sp³-hybridized carbons (Fsp3) is 0.615. The van der Waals surface area contributed by atoms with Crippen molar-refractivity contribution in [2.75, 3.05) is 0 Å². The van der Waals surface area contributed by atoms with E-state index in [1.807, 2.05) is 6.07 Å². The summed E-state index contributed by atoms with van der Waals surface area (Å²) in [6.45, 7) is 3.83. The van der Waals surface area contributed by atoms with E-state index in [-0.39, 0.29) is 5.82 Å². The number of rotatable bonds is 15. The van der Waals surface area contributed by atoms with Gasteiger partial charge in [0.1, 0.15) is 5.82 Å². The lowest BCUT2D eigenvalue weighted by Gasteiger charge is -2.07. The Hall–Kier alpha value is -1.84. The minimum absolute atomic E-state index is 0.253. The van der Waals surface area contributed by atoms with E-state index in [4.69, 9.17) is 0 Å². The highest BCUT2D eigenvalue weighted by Crippen LogP contribution is 2.22. The van der Waals surface area contributed by atoms with E-state index in [9.17, 15) is 8.78 Å². The quantitative estimate of drug-likeness (QED) is 0.275. The first kappa shape index (κ1) is 24.4. The monoisotopic (exact) mass is 416 g/mol. The molecule has 4 heteroatoms. The average molecular weight is 417 g/mol. The highest BCUT2D eigenvalue weighted by molar-refractivity contribution is 5.56. The molecule has 1 aromatic carbocycles. The summed E-state index contributed by atoms with van der Waals surface area (Å²) in [4.78, 5) is 8.69. The van der Waals surface area contributed by atoms with Crippen LogP contribution in [0.25, 0.3) is 11.4 Å². The molecule has 0 bridgehead atoms. The largest absolute Gasteiger partial charge is 0.248 e. The molecule has 0 N–H and O–H groups in total. The van der Waals surface area contributed by atoms with Gasteiger partial charge in [0.05, 0.1) is 11.7 Å². The van der Waals surface area contributed by atoms with Gasteiger partial charge in [-0.1, -0.05) is 64.4 Å². The van der Waals surface area contributed by atoms with Crippen molar-refractivity contribution in [2.45, 2.75) is 103 Å². The van der Waals surface area contributed by atoms with Crippen molar-refractivity contribution in [1.29, 1.82) is 0 Å².